The number of aromatic nitrogens is 1. The van der Waals surface area contributed by atoms with E-state index in [9.17, 15) is 23.3 Å². The molecule has 136 valence electrons. The normalized spacial score (nSPS) is 12.2. The van der Waals surface area contributed by atoms with E-state index in [4.69, 9.17) is 4.74 Å². The van der Waals surface area contributed by atoms with Gasteiger partial charge in [0.25, 0.3) is 0 Å². The summed E-state index contributed by atoms with van der Waals surface area (Å²) < 4.78 is 27.7. The van der Waals surface area contributed by atoms with E-state index in [1.807, 2.05) is 6.07 Å². The van der Waals surface area contributed by atoms with Crippen molar-refractivity contribution in [2.45, 2.75) is 18.6 Å². The van der Waals surface area contributed by atoms with Gasteiger partial charge in [0.05, 0.1) is 17.4 Å². The van der Waals surface area contributed by atoms with Crippen molar-refractivity contribution in [2.24, 2.45) is 0 Å². The molecule has 0 aliphatic rings. The van der Waals surface area contributed by atoms with Gasteiger partial charge in [-0.15, -0.1) is 11.3 Å². The summed E-state index contributed by atoms with van der Waals surface area (Å²) in [5, 5.41) is 11.3. The highest BCUT2D eigenvalue weighted by Gasteiger charge is 2.24. The van der Waals surface area contributed by atoms with Crippen LogP contribution in [0.15, 0.2) is 29.6 Å². The average molecular weight is 392 g/mol. The highest BCUT2D eigenvalue weighted by molar-refractivity contribution is 7.89. The van der Waals surface area contributed by atoms with Crippen LogP contribution in [-0.4, -0.2) is 38.0 Å². The molecule has 0 saturated carbocycles. The first-order chi connectivity index (χ1) is 12.2. The number of hydrogen-bond acceptors (Lipinski definition) is 8. The van der Waals surface area contributed by atoms with Crippen LogP contribution in [0.3, 0.4) is 0 Å². The van der Waals surface area contributed by atoms with Crippen molar-refractivity contribution >= 4 is 32.9 Å². The SMILES string of the molecule is Cc1csc([C@@H](C#N)C(=O)COC(=O)c2cccc(CS(C)(=O)=O)c2)n1. The molecule has 1 aromatic carbocycles. The number of aryl methyl sites for hydroxylation is 1. The number of hydrogen-bond donors (Lipinski definition) is 0. The largest absolute Gasteiger partial charge is 0.454 e. The lowest BCUT2D eigenvalue weighted by Crippen LogP contribution is -2.20. The predicted octanol–water partition coefficient (Wildman–Crippen LogP) is 2.03. The molecule has 0 amide bonds. The lowest BCUT2D eigenvalue weighted by molar-refractivity contribution is -0.122. The topological polar surface area (TPSA) is 114 Å². The third-order valence-electron chi connectivity index (χ3n) is 3.27. The smallest absolute Gasteiger partial charge is 0.338 e. The van der Waals surface area contributed by atoms with Crippen molar-refractivity contribution in [3.63, 3.8) is 0 Å². The van der Waals surface area contributed by atoms with Crippen molar-refractivity contribution in [2.75, 3.05) is 12.9 Å². The zero-order chi connectivity index (χ0) is 19.3. The van der Waals surface area contributed by atoms with E-state index in [0.29, 0.717) is 16.3 Å². The minimum atomic E-state index is -3.24. The minimum Gasteiger partial charge on any atom is -0.454 e. The van der Waals surface area contributed by atoms with Gasteiger partial charge in [-0.3, -0.25) is 4.79 Å². The second kappa shape index (κ2) is 8.21. The highest BCUT2D eigenvalue weighted by Crippen LogP contribution is 2.21. The molecule has 0 N–H and O–H groups in total. The van der Waals surface area contributed by atoms with Crippen molar-refractivity contribution in [3.05, 3.63) is 51.5 Å². The van der Waals surface area contributed by atoms with Crippen LogP contribution in [0.2, 0.25) is 0 Å². The van der Waals surface area contributed by atoms with Gasteiger partial charge in [-0.05, 0) is 24.6 Å². The number of rotatable bonds is 7. The molecule has 2 rings (SSSR count). The Morgan fingerprint density at radius 3 is 2.69 bits per heavy atom. The molecule has 0 bridgehead atoms. The maximum absolute atomic E-state index is 12.2. The van der Waals surface area contributed by atoms with E-state index in [2.05, 4.69) is 4.98 Å². The van der Waals surface area contributed by atoms with Crippen molar-refractivity contribution in [1.82, 2.24) is 4.98 Å². The number of esters is 1. The second-order valence-electron chi connectivity index (χ2n) is 5.70. The van der Waals surface area contributed by atoms with Crippen LogP contribution in [0, 0.1) is 18.3 Å². The maximum Gasteiger partial charge on any atom is 0.338 e. The number of benzene rings is 1. The molecule has 2 aromatic rings. The fourth-order valence-corrected chi connectivity index (χ4v) is 3.81. The summed E-state index contributed by atoms with van der Waals surface area (Å²) in [6.07, 6.45) is 1.10. The van der Waals surface area contributed by atoms with E-state index in [1.165, 1.54) is 29.5 Å². The molecule has 0 unspecified atom stereocenters. The maximum atomic E-state index is 12.2. The molecule has 0 aliphatic heterocycles. The van der Waals surface area contributed by atoms with Gasteiger partial charge in [-0.1, -0.05) is 12.1 Å². The van der Waals surface area contributed by atoms with Crippen molar-refractivity contribution in [3.8, 4) is 6.07 Å². The first-order valence-electron chi connectivity index (χ1n) is 7.48. The Balaban J connectivity index is 2.03. The molecule has 1 atom stereocenters. The monoisotopic (exact) mass is 392 g/mol. The zero-order valence-electron chi connectivity index (χ0n) is 14.1. The second-order valence-corrected chi connectivity index (χ2v) is 8.73. The van der Waals surface area contributed by atoms with Gasteiger partial charge < -0.3 is 4.74 Å². The molecular weight excluding hydrogens is 376 g/mol. The summed E-state index contributed by atoms with van der Waals surface area (Å²) in [5.41, 5.74) is 1.29. The number of carbonyl (C=O) groups is 2. The number of ether oxygens (including phenoxy) is 1. The number of Topliss-reactive ketones (excluding diaryl/α,β-unsaturated/α-hetero) is 1. The molecule has 0 radical (unpaired) electrons. The standard InChI is InChI=1S/C17H16N2O5S2/c1-11-9-25-16(19-11)14(7-18)15(20)8-24-17(21)13-5-3-4-12(6-13)10-26(2,22)23/h3-6,9,14H,8,10H2,1-2H3/t14-/m0/s1. The fourth-order valence-electron chi connectivity index (χ4n) is 2.16. The van der Waals surface area contributed by atoms with E-state index >= 15 is 0 Å². The molecule has 26 heavy (non-hydrogen) atoms. The zero-order valence-corrected chi connectivity index (χ0v) is 15.8. The average Bonchev–Trinajstić information content (AvgIpc) is 2.98. The molecular formula is C17H16N2O5S2. The van der Waals surface area contributed by atoms with Gasteiger partial charge in [-0.2, -0.15) is 5.26 Å². The van der Waals surface area contributed by atoms with Gasteiger partial charge >= 0.3 is 5.97 Å². The Labute approximate surface area is 155 Å². The van der Waals surface area contributed by atoms with Gasteiger partial charge in [-0.25, -0.2) is 18.2 Å². The first-order valence-corrected chi connectivity index (χ1v) is 10.4. The molecule has 0 fully saturated rings. The van der Waals surface area contributed by atoms with E-state index in [1.54, 1.807) is 18.4 Å². The number of sulfone groups is 1. The fraction of sp³-hybridized carbons (Fsp3) is 0.294. The van der Waals surface area contributed by atoms with Crippen LogP contribution >= 0.6 is 11.3 Å². The van der Waals surface area contributed by atoms with E-state index < -0.39 is 34.1 Å². The molecule has 7 nitrogen and oxygen atoms in total. The molecule has 0 spiro atoms. The predicted molar refractivity (Wildman–Crippen MR) is 95.5 cm³/mol. The van der Waals surface area contributed by atoms with Gasteiger partial charge in [0, 0.05) is 17.3 Å². The van der Waals surface area contributed by atoms with Gasteiger partial charge in [0.15, 0.2) is 28.1 Å². The Morgan fingerprint density at radius 1 is 1.38 bits per heavy atom. The Hall–Kier alpha value is -2.57. The first kappa shape index (κ1) is 19.8. The summed E-state index contributed by atoms with van der Waals surface area (Å²) in [4.78, 5) is 28.4. The quantitative estimate of drug-likeness (QED) is 0.662. The number of ketones is 1. The summed E-state index contributed by atoms with van der Waals surface area (Å²) in [7, 11) is -3.24. The third-order valence-corrected chi connectivity index (χ3v) is 5.16. The molecule has 1 aromatic heterocycles. The number of thiazole rings is 1. The van der Waals surface area contributed by atoms with E-state index in [0.717, 1.165) is 6.26 Å². The van der Waals surface area contributed by atoms with Gasteiger partial charge in [0.1, 0.15) is 5.01 Å². The van der Waals surface area contributed by atoms with Crippen LogP contribution in [-0.2, 0) is 25.1 Å². The summed E-state index contributed by atoms with van der Waals surface area (Å²) in [6, 6.07) is 7.86. The third kappa shape index (κ3) is 5.47. The van der Waals surface area contributed by atoms with Gasteiger partial charge in [0.2, 0.25) is 0 Å². The Morgan fingerprint density at radius 2 is 2.12 bits per heavy atom. The number of nitrogens with zero attached hydrogens (tertiary/aromatic N) is 2. The molecule has 0 saturated heterocycles. The van der Waals surface area contributed by atoms with Crippen molar-refractivity contribution in [1.29, 1.82) is 5.26 Å². The number of nitriles is 1. The lowest BCUT2D eigenvalue weighted by atomic mass is 10.1. The van der Waals surface area contributed by atoms with E-state index in [-0.39, 0.29) is 11.3 Å². The summed E-state index contributed by atoms with van der Waals surface area (Å²) in [5.74, 6) is -2.62. The van der Waals surface area contributed by atoms with Crippen LogP contribution < -0.4 is 0 Å². The number of carbonyl (C=O) groups excluding carboxylic acids is 2. The van der Waals surface area contributed by atoms with Crippen LogP contribution in [0.4, 0.5) is 0 Å². The molecule has 9 heteroatoms. The minimum absolute atomic E-state index is 0.137. The highest BCUT2D eigenvalue weighted by atomic mass is 32.2. The van der Waals surface area contributed by atoms with Crippen LogP contribution in [0.1, 0.15) is 32.5 Å². The van der Waals surface area contributed by atoms with Crippen LogP contribution in [0.25, 0.3) is 0 Å². The van der Waals surface area contributed by atoms with Crippen molar-refractivity contribution < 1.29 is 22.7 Å². The lowest BCUT2D eigenvalue weighted by Gasteiger charge is -2.08. The van der Waals surface area contributed by atoms with Crippen LogP contribution in [0.5, 0.6) is 0 Å². The summed E-state index contributed by atoms with van der Waals surface area (Å²) in [6.45, 7) is 1.19. The molecule has 1 heterocycles. The summed E-state index contributed by atoms with van der Waals surface area (Å²) >= 11 is 1.20. The Bertz CT molecular complexity index is 973. The Kier molecular flexibility index (Phi) is 6.23. The molecule has 0 aliphatic carbocycles.